The number of carbonyl (C=O) groups is 3. The lowest BCUT2D eigenvalue weighted by Crippen LogP contribution is -2.50. The van der Waals surface area contributed by atoms with Gasteiger partial charge in [0.05, 0.1) is 0 Å². The fourth-order valence-electron chi connectivity index (χ4n) is 2.46. The second-order valence-electron chi connectivity index (χ2n) is 6.65. The first kappa shape index (κ1) is 24.2. The van der Waals surface area contributed by atoms with Gasteiger partial charge in [0.15, 0.2) is 17.4 Å². The molecule has 0 rings (SSSR count). The molecule has 0 bridgehead atoms. The zero-order valence-corrected chi connectivity index (χ0v) is 16.6. The molecule has 0 aliphatic rings. The fourth-order valence-corrected chi connectivity index (χ4v) is 2.46. The molecule has 7 heteroatoms. The predicted molar refractivity (Wildman–Crippen MR) is 98.0 cm³/mol. The number of ether oxygens (including phenoxy) is 2. The Balaban J connectivity index is 5.14. The SMILES string of the molecule is CCCCCCC(=O)C(C)(N=N)C(COC(=O)CCC)OC(=O)CCC. The van der Waals surface area contributed by atoms with Gasteiger partial charge in [0.1, 0.15) is 6.61 Å². The Labute approximate surface area is 156 Å². The summed E-state index contributed by atoms with van der Waals surface area (Å²) in [6.07, 6.45) is 4.54. The van der Waals surface area contributed by atoms with Crippen LogP contribution in [0.15, 0.2) is 5.11 Å². The summed E-state index contributed by atoms with van der Waals surface area (Å²) in [5.41, 5.74) is 5.98. The van der Waals surface area contributed by atoms with Crippen molar-refractivity contribution in [2.45, 2.75) is 97.1 Å². The van der Waals surface area contributed by atoms with Gasteiger partial charge in [0.25, 0.3) is 0 Å². The van der Waals surface area contributed by atoms with Crippen LogP contribution in [-0.2, 0) is 23.9 Å². The van der Waals surface area contributed by atoms with E-state index in [2.05, 4.69) is 12.0 Å². The predicted octanol–water partition coefficient (Wildman–Crippen LogP) is 4.37. The zero-order valence-electron chi connectivity index (χ0n) is 16.6. The van der Waals surface area contributed by atoms with Gasteiger partial charge in [0, 0.05) is 19.3 Å². The number of rotatable bonds is 15. The smallest absolute Gasteiger partial charge is 0.306 e. The molecule has 0 amide bonds. The number of unbranched alkanes of at least 4 members (excludes halogenated alkanes) is 3. The van der Waals surface area contributed by atoms with Crippen LogP contribution in [0.1, 0.15) is 85.5 Å². The van der Waals surface area contributed by atoms with Crippen molar-refractivity contribution in [3.63, 3.8) is 0 Å². The van der Waals surface area contributed by atoms with Gasteiger partial charge in [-0.2, -0.15) is 5.11 Å². The van der Waals surface area contributed by atoms with Crippen LogP contribution in [0, 0.1) is 5.53 Å². The van der Waals surface area contributed by atoms with Crippen molar-refractivity contribution in [3.05, 3.63) is 0 Å². The Bertz CT molecular complexity index is 467. The first-order chi connectivity index (χ1) is 12.3. The Morgan fingerprint density at radius 2 is 1.54 bits per heavy atom. The summed E-state index contributed by atoms with van der Waals surface area (Å²) in [5.74, 6) is -1.19. The third-order valence-corrected chi connectivity index (χ3v) is 4.26. The molecule has 7 nitrogen and oxygen atoms in total. The van der Waals surface area contributed by atoms with Crippen LogP contribution in [0.5, 0.6) is 0 Å². The van der Waals surface area contributed by atoms with Gasteiger partial charge in [-0.1, -0.05) is 40.0 Å². The molecule has 0 saturated carbocycles. The lowest BCUT2D eigenvalue weighted by molar-refractivity contribution is -0.165. The van der Waals surface area contributed by atoms with Gasteiger partial charge < -0.3 is 9.47 Å². The summed E-state index contributed by atoms with van der Waals surface area (Å²) < 4.78 is 10.5. The Hall–Kier alpha value is -1.79. The number of carbonyl (C=O) groups excluding carboxylic acids is 3. The van der Waals surface area contributed by atoms with Crippen molar-refractivity contribution in [1.29, 1.82) is 5.53 Å². The summed E-state index contributed by atoms with van der Waals surface area (Å²) >= 11 is 0. The second-order valence-corrected chi connectivity index (χ2v) is 6.65. The van der Waals surface area contributed by atoms with Crippen molar-refractivity contribution in [2.24, 2.45) is 5.11 Å². The van der Waals surface area contributed by atoms with Crippen LogP contribution in [0.4, 0.5) is 0 Å². The summed E-state index contributed by atoms with van der Waals surface area (Å²) in [4.78, 5) is 36.3. The zero-order chi connectivity index (χ0) is 20.0. The molecule has 1 N–H and O–H groups in total. The molecule has 2 atom stereocenters. The van der Waals surface area contributed by atoms with Crippen LogP contribution >= 0.6 is 0 Å². The number of hydrogen-bond donors (Lipinski definition) is 1. The molecule has 0 radical (unpaired) electrons. The summed E-state index contributed by atoms with van der Waals surface area (Å²) in [6.45, 7) is 6.97. The molecular weight excluding hydrogens is 336 g/mol. The first-order valence-electron chi connectivity index (χ1n) is 9.62. The van der Waals surface area contributed by atoms with Crippen molar-refractivity contribution >= 4 is 17.7 Å². The van der Waals surface area contributed by atoms with Crippen LogP contribution < -0.4 is 0 Å². The van der Waals surface area contributed by atoms with E-state index in [1.54, 1.807) is 0 Å². The number of esters is 2. The highest BCUT2D eigenvalue weighted by Gasteiger charge is 2.44. The highest BCUT2D eigenvalue weighted by molar-refractivity contribution is 5.89. The molecule has 26 heavy (non-hydrogen) atoms. The molecule has 0 fully saturated rings. The molecule has 0 heterocycles. The van der Waals surface area contributed by atoms with Crippen LogP contribution in [0.2, 0.25) is 0 Å². The van der Waals surface area contributed by atoms with Gasteiger partial charge in [0.2, 0.25) is 0 Å². The van der Waals surface area contributed by atoms with Gasteiger partial charge in [-0.25, -0.2) is 5.53 Å². The normalized spacial score (nSPS) is 14.2. The fraction of sp³-hybridized carbons (Fsp3) is 0.842. The minimum Gasteiger partial charge on any atom is -0.462 e. The van der Waals surface area contributed by atoms with Crippen molar-refractivity contribution in [3.8, 4) is 0 Å². The standard InChI is InChI=1S/C19H34N2O5/c1-5-8-9-10-13-15(22)19(4,21-20)16(26-18(24)12-7-3)14-25-17(23)11-6-2/h16,20H,5-14H2,1-4H3. The number of hydrogen-bond acceptors (Lipinski definition) is 7. The van der Waals surface area contributed by atoms with E-state index in [4.69, 9.17) is 15.0 Å². The Kier molecular flexibility index (Phi) is 12.5. The molecule has 0 aromatic rings. The molecule has 0 aliphatic heterocycles. The summed E-state index contributed by atoms with van der Waals surface area (Å²) in [6, 6.07) is 0. The van der Waals surface area contributed by atoms with Gasteiger partial charge >= 0.3 is 11.9 Å². The minimum atomic E-state index is -1.54. The molecule has 0 aromatic carbocycles. The highest BCUT2D eigenvalue weighted by atomic mass is 16.6. The average molecular weight is 370 g/mol. The number of Topliss-reactive ketones (excluding diaryl/α,β-unsaturated/α-hetero) is 1. The van der Waals surface area contributed by atoms with Crippen molar-refractivity contribution < 1.29 is 23.9 Å². The van der Waals surface area contributed by atoms with Crippen molar-refractivity contribution in [1.82, 2.24) is 0 Å². The van der Waals surface area contributed by atoms with Crippen molar-refractivity contribution in [2.75, 3.05) is 6.61 Å². The largest absolute Gasteiger partial charge is 0.462 e. The van der Waals surface area contributed by atoms with Gasteiger partial charge in [-0.3, -0.25) is 14.4 Å². The van der Waals surface area contributed by atoms with E-state index in [-0.39, 0.29) is 31.7 Å². The highest BCUT2D eigenvalue weighted by Crippen LogP contribution is 2.24. The van der Waals surface area contributed by atoms with E-state index >= 15 is 0 Å². The first-order valence-corrected chi connectivity index (χ1v) is 9.62. The summed E-state index contributed by atoms with van der Waals surface area (Å²) in [7, 11) is 0. The molecule has 0 saturated heterocycles. The van der Waals surface area contributed by atoms with E-state index in [0.29, 0.717) is 19.3 Å². The Morgan fingerprint density at radius 3 is 2.08 bits per heavy atom. The third-order valence-electron chi connectivity index (χ3n) is 4.26. The molecule has 0 aromatic heterocycles. The summed E-state index contributed by atoms with van der Waals surface area (Å²) in [5, 5.41) is 3.49. The van der Waals surface area contributed by atoms with Gasteiger partial charge in [-0.15, -0.1) is 0 Å². The molecule has 0 aliphatic carbocycles. The topological polar surface area (TPSA) is 106 Å². The van der Waals surface area contributed by atoms with Crippen LogP contribution in [0.25, 0.3) is 0 Å². The molecule has 0 spiro atoms. The third kappa shape index (κ3) is 8.54. The van der Waals surface area contributed by atoms with E-state index in [0.717, 1.165) is 19.3 Å². The maximum Gasteiger partial charge on any atom is 0.306 e. The second kappa shape index (κ2) is 13.4. The number of nitrogens with one attached hydrogen (secondary N) is 1. The maximum atomic E-state index is 12.7. The molecular formula is C19H34N2O5. The Morgan fingerprint density at radius 1 is 0.923 bits per heavy atom. The van der Waals surface area contributed by atoms with E-state index < -0.39 is 23.6 Å². The quantitative estimate of drug-likeness (QED) is 0.262. The molecule has 150 valence electrons. The lowest BCUT2D eigenvalue weighted by Gasteiger charge is -2.31. The minimum absolute atomic E-state index is 0.193. The van der Waals surface area contributed by atoms with Crippen LogP contribution in [-0.4, -0.2) is 36.0 Å². The molecule has 2 unspecified atom stereocenters. The number of nitrogens with zero attached hydrogens (tertiary/aromatic N) is 1. The van der Waals surface area contributed by atoms with E-state index in [1.807, 2.05) is 13.8 Å². The van der Waals surface area contributed by atoms with Crippen LogP contribution in [0.3, 0.4) is 0 Å². The van der Waals surface area contributed by atoms with Gasteiger partial charge in [-0.05, 0) is 26.2 Å². The average Bonchev–Trinajstić information content (AvgIpc) is 2.61. The van der Waals surface area contributed by atoms with E-state index in [9.17, 15) is 14.4 Å². The number of ketones is 1. The lowest BCUT2D eigenvalue weighted by atomic mass is 9.87. The maximum absolute atomic E-state index is 12.7. The monoisotopic (exact) mass is 370 g/mol. The van der Waals surface area contributed by atoms with E-state index in [1.165, 1.54) is 6.92 Å².